The van der Waals surface area contributed by atoms with Crippen molar-refractivity contribution in [3.05, 3.63) is 34.2 Å². The molecule has 1 aromatic heterocycles. The molecule has 0 aliphatic carbocycles. The van der Waals surface area contributed by atoms with Gasteiger partial charge in [-0.15, -0.1) is 0 Å². The Labute approximate surface area is 159 Å². The van der Waals surface area contributed by atoms with Crippen molar-refractivity contribution in [1.82, 2.24) is 9.55 Å². The average Bonchev–Trinajstić information content (AvgIpc) is 2.70. The number of methoxy groups -OCH3 is 2. The van der Waals surface area contributed by atoms with Crippen LogP contribution < -0.4 is 25.4 Å². The molecular weight excluding hydrogens is 344 g/mol. The first-order valence-corrected chi connectivity index (χ1v) is 9.55. The molecule has 0 radical (unpaired) electrons. The molecule has 2 N–H and O–H groups in total. The van der Waals surface area contributed by atoms with Crippen LogP contribution in [0.15, 0.2) is 23.0 Å². The van der Waals surface area contributed by atoms with Crippen LogP contribution in [-0.4, -0.2) is 49.9 Å². The monoisotopic (exact) mass is 373 g/mol. The van der Waals surface area contributed by atoms with Gasteiger partial charge < -0.3 is 19.7 Å². The summed E-state index contributed by atoms with van der Waals surface area (Å²) in [5, 5.41) is 3.32. The summed E-state index contributed by atoms with van der Waals surface area (Å²) in [4.78, 5) is 18.3. The largest absolute Gasteiger partial charge is 0.493 e. The molecule has 0 spiro atoms. The Morgan fingerprint density at radius 1 is 1.15 bits per heavy atom. The number of hydrogen-bond donors (Lipinski definition) is 2. The number of quaternary nitrogens is 1. The van der Waals surface area contributed by atoms with Crippen LogP contribution in [-0.2, 0) is 13.0 Å². The molecule has 3 rings (SSSR count). The van der Waals surface area contributed by atoms with Gasteiger partial charge in [0, 0.05) is 18.2 Å². The lowest BCUT2D eigenvalue weighted by molar-refractivity contribution is -0.894. The van der Waals surface area contributed by atoms with Crippen molar-refractivity contribution in [3.63, 3.8) is 0 Å². The van der Waals surface area contributed by atoms with E-state index in [0.717, 1.165) is 49.4 Å². The Morgan fingerprint density at radius 2 is 1.85 bits per heavy atom. The number of ether oxygens (including phenoxy) is 2. The van der Waals surface area contributed by atoms with Gasteiger partial charge in [0.25, 0.3) is 0 Å². The van der Waals surface area contributed by atoms with Crippen LogP contribution in [0, 0.1) is 0 Å². The number of anilines is 1. The van der Waals surface area contributed by atoms with Crippen molar-refractivity contribution >= 4 is 5.82 Å². The van der Waals surface area contributed by atoms with E-state index in [-0.39, 0.29) is 5.69 Å². The minimum absolute atomic E-state index is 0.217. The zero-order valence-corrected chi connectivity index (χ0v) is 16.6. The lowest BCUT2D eigenvalue weighted by Gasteiger charge is -2.23. The summed E-state index contributed by atoms with van der Waals surface area (Å²) in [7, 11) is 3.25. The number of fused-ring (bicyclic) bond motifs is 3. The van der Waals surface area contributed by atoms with Gasteiger partial charge in [0.05, 0.1) is 46.1 Å². The Kier molecular flexibility index (Phi) is 6.01. The van der Waals surface area contributed by atoms with E-state index < -0.39 is 0 Å². The SMILES string of the molecule is CC[NH+](CC)CCNc1cc2n(c(=O)n1)CCc1cc(OC)c(OC)cc1-2. The smallest absolute Gasteiger partial charge is 0.349 e. The maximum atomic E-state index is 12.5. The quantitative estimate of drug-likeness (QED) is 0.717. The third kappa shape index (κ3) is 3.93. The molecule has 27 heavy (non-hydrogen) atoms. The molecule has 0 amide bonds. The highest BCUT2D eigenvalue weighted by molar-refractivity contribution is 5.71. The number of rotatable bonds is 8. The van der Waals surface area contributed by atoms with E-state index in [2.05, 4.69) is 24.1 Å². The highest BCUT2D eigenvalue weighted by atomic mass is 16.5. The standard InChI is InChI=1S/C20H28N4O3/c1-5-23(6-2)10-8-21-19-13-16-15-12-18(27-4)17(26-3)11-14(15)7-9-24(16)20(25)22-19/h11-13H,5-10H2,1-4H3,(H,21,22,25)/p+1. The van der Waals surface area contributed by atoms with Crippen LogP contribution in [0.5, 0.6) is 11.5 Å². The maximum absolute atomic E-state index is 12.5. The number of aryl methyl sites for hydroxylation is 1. The fourth-order valence-electron chi connectivity index (χ4n) is 3.61. The second-order valence-electron chi connectivity index (χ2n) is 6.71. The van der Waals surface area contributed by atoms with E-state index in [1.54, 1.807) is 18.8 Å². The van der Waals surface area contributed by atoms with Gasteiger partial charge in [-0.1, -0.05) is 0 Å². The second kappa shape index (κ2) is 8.43. The summed E-state index contributed by atoms with van der Waals surface area (Å²) < 4.78 is 12.6. The molecule has 0 saturated carbocycles. The molecule has 0 atom stereocenters. The second-order valence-corrected chi connectivity index (χ2v) is 6.71. The summed E-state index contributed by atoms with van der Waals surface area (Å²) >= 11 is 0. The van der Waals surface area contributed by atoms with Crippen LogP contribution >= 0.6 is 0 Å². The van der Waals surface area contributed by atoms with Gasteiger partial charge in [-0.3, -0.25) is 4.57 Å². The summed E-state index contributed by atoms with van der Waals surface area (Å²) in [6.07, 6.45) is 0.766. The highest BCUT2D eigenvalue weighted by Gasteiger charge is 2.21. The minimum Gasteiger partial charge on any atom is -0.493 e. The zero-order valence-electron chi connectivity index (χ0n) is 16.6. The van der Waals surface area contributed by atoms with E-state index in [0.29, 0.717) is 23.9 Å². The van der Waals surface area contributed by atoms with Gasteiger partial charge in [-0.05, 0) is 38.0 Å². The highest BCUT2D eigenvalue weighted by Crippen LogP contribution is 2.38. The molecule has 1 aromatic carbocycles. The van der Waals surface area contributed by atoms with Gasteiger partial charge in [-0.25, -0.2) is 4.79 Å². The van der Waals surface area contributed by atoms with E-state index in [1.807, 2.05) is 18.2 Å². The van der Waals surface area contributed by atoms with Crippen LogP contribution in [0.4, 0.5) is 5.82 Å². The molecule has 1 aliphatic heterocycles. The molecule has 0 bridgehead atoms. The fourth-order valence-corrected chi connectivity index (χ4v) is 3.61. The summed E-state index contributed by atoms with van der Waals surface area (Å²) in [5.41, 5.74) is 2.80. The topological polar surface area (TPSA) is 69.8 Å². The Bertz CT molecular complexity index is 859. The van der Waals surface area contributed by atoms with Gasteiger partial charge in [-0.2, -0.15) is 4.98 Å². The van der Waals surface area contributed by atoms with Crippen molar-refractivity contribution in [2.45, 2.75) is 26.8 Å². The van der Waals surface area contributed by atoms with Crippen molar-refractivity contribution < 1.29 is 14.4 Å². The number of hydrogen-bond acceptors (Lipinski definition) is 5. The van der Waals surface area contributed by atoms with Crippen molar-refractivity contribution in [1.29, 1.82) is 0 Å². The molecule has 7 heteroatoms. The van der Waals surface area contributed by atoms with E-state index in [4.69, 9.17) is 9.47 Å². The molecule has 0 saturated heterocycles. The summed E-state index contributed by atoms with van der Waals surface area (Å²) in [5.74, 6) is 2.00. The third-order valence-electron chi connectivity index (χ3n) is 5.29. The van der Waals surface area contributed by atoms with Crippen LogP contribution in [0.3, 0.4) is 0 Å². The van der Waals surface area contributed by atoms with Crippen LogP contribution in [0.2, 0.25) is 0 Å². The number of benzene rings is 1. The first kappa shape index (κ1) is 19.2. The van der Waals surface area contributed by atoms with E-state index in [1.165, 1.54) is 4.90 Å². The Morgan fingerprint density at radius 3 is 2.52 bits per heavy atom. The predicted molar refractivity (Wildman–Crippen MR) is 106 cm³/mol. The maximum Gasteiger partial charge on any atom is 0.349 e. The van der Waals surface area contributed by atoms with Crippen molar-refractivity contribution in [2.75, 3.05) is 45.7 Å². The zero-order chi connectivity index (χ0) is 19.4. The van der Waals surface area contributed by atoms with Crippen molar-refractivity contribution in [2.24, 2.45) is 0 Å². The van der Waals surface area contributed by atoms with Gasteiger partial charge in [0.1, 0.15) is 5.82 Å². The molecular formula is C20H29N4O3+. The van der Waals surface area contributed by atoms with Gasteiger partial charge in [0.2, 0.25) is 0 Å². The molecule has 0 unspecified atom stereocenters. The first-order chi connectivity index (χ1) is 13.1. The molecule has 1 aliphatic rings. The van der Waals surface area contributed by atoms with E-state index >= 15 is 0 Å². The summed E-state index contributed by atoms with van der Waals surface area (Å²) in [6.45, 7) is 8.94. The number of likely N-dealkylation sites (N-methyl/N-ethyl adjacent to an activating group) is 1. The minimum atomic E-state index is -0.217. The third-order valence-corrected chi connectivity index (χ3v) is 5.29. The number of aromatic nitrogens is 2. The molecule has 2 heterocycles. The molecule has 2 aromatic rings. The first-order valence-electron chi connectivity index (χ1n) is 9.55. The Balaban J connectivity index is 1.92. The fraction of sp³-hybridized carbons (Fsp3) is 0.500. The van der Waals surface area contributed by atoms with Gasteiger partial charge >= 0.3 is 5.69 Å². The predicted octanol–water partition coefficient (Wildman–Crippen LogP) is 0.820. The lowest BCUT2D eigenvalue weighted by atomic mass is 9.97. The number of nitrogens with one attached hydrogen (secondary N) is 2. The Hall–Kier alpha value is -2.54. The van der Waals surface area contributed by atoms with Crippen LogP contribution in [0.25, 0.3) is 11.3 Å². The average molecular weight is 373 g/mol. The molecule has 0 fully saturated rings. The summed E-state index contributed by atoms with van der Waals surface area (Å²) in [6, 6.07) is 5.91. The molecule has 146 valence electrons. The number of nitrogens with zero attached hydrogens (tertiary/aromatic N) is 2. The lowest BCUT2D eigenvalue weighted by Crippen LogP contribution is -3.12. The van der Waals surface area contributed by atoms with Gasteiger partial charge in [0.15, 0.2) is 11.5 Å². The van der Waals surface area contributed by atoms with E-state index in [9.17, 15) is 4.79 Å². The van der Waals surface area contributed by atoms with Crippen molar-refractivity contribution in [3.8, 4) is 22.8 Å². The molecule has 7 nitrogen and oxygen atoms in total. The van der Waals surface area contributed by atoms with Crippen LogP contribution in [0.1, 0.15) is 19.4 Å². The normalized spacial score (nSPS) is 12.5.